The maximum absolute atomic E-state index is 13.3. The summed E-state index contributed by atoms with van der Waals surface area (Å²) in [7, 11) is 0. The normalized spacial score (nSPS) is 18.8. The molecule has 2 saturated heterocycles. The fourth-order valence-corrected chi connectivity index (χ4v) is 4.25. The van der Waals surface area contributed by atoms with Crippen LogP contribution >= 0.6 is 0 Å². The predicted octanol–water partition coefficient (Wildman–Crippen LogP) is 2.75. The summed E-state index contributed by atoms with van der Waals surface area (Å²) >= 11 is 0. The number of hydrogen-bond donors (Lipinski definition) is 1. The Morgan fingerprint density at radius 2 is 1.86 bits per heavy atom. The van der Waals surface area contributed by atoms with Crippen molar-refractivity contribution in [2.75, 3.05) is 31.2 Å². The first kappa shape index (κ1) is 18.9. The Kier molecular flexibility index (Phi) is 5.57. The van der Waals surface area contributed by atoms with Crippen molar-refractivity contribution in [2.24, 2.45) is 0 Å². The number of benzene rings is 1. The third-order valence-corrected chi connectivity index (χ3v) is 5.83. The molecule has 1 N–H and O–H groups in total. The molecular weight excluding hydrogens is 352 g/mol. The van der Waals surface area contributed by atoms with E-state index in [9.17, 15) is 4.79 Å². The standard InChI is InChI=1S/C22H28N4O2/c1-17-15-20(26-11-5-6-12-26)25-19(24-17)16-23-21(27)22(9-13-28-14-10-22)18-7-3-2-4-8-18/h2-4,7-8,15H,5-6,9-14,16H2,1H3,(H,23,27). The van der Waals surface area contributed by atoms with Crippen molar-refractivity contribution in [1.29, 1.82) is 0 Å². The molecule has 0 atom stereocenters. The molecule has 4 rings (SSSR count). The van der Waals surface area contributed by atoms with Crippen LogP contribution in [0.5, 0.6) is 0 Å². The molecular formula is C22H28N4O2. The van der Waals surface area contributed by atoms with Crippen LogP contribution in [-0.4, -0.2) is 42.2 Å². The SMILES string of the molecule is Cc1cc(N2CCCC2)nc(CNC(=O)C2(c3ccccc3)CCOCC2)n1. The van der Waals surface area contributed by atoms with Crippen molar-refractivity contribution in [1.82, 2.24) is 15.3 Å². The van der Waals surface area contributed by atoms with E-state index in [4.69, 9.17) is 9.72 Å². The predicted molar refractivity (Wildman–Crippen MR) is 108 cm³/mol. The Morgan fingerprint density at radius 1 is 1.14 bits per heavy atom. The molecule has 3 heterocycles. The number of aromatic nitrogens is 2. The van der Waals surface area contributed by atoms with Crippen molar-refractivity contribution in [3.63, 3.8) is 0 Å². The van der Waals surface area contributed by atoms with E-state index in [1.54, 1.807) is 0 Å². The molecule has 0 unspecified atom stereocenters. The summed E-state index contributed by atoms with van der Waals surface area (Å²) < 4.78 is 5.54. The number of hydrogen-bond acceptors (Lipinski definition) is 5. The third-order valence-electron chi connectivity index (χ3n) is 5.83. The van der Waals surface area contributed by atoms with Crippen LogP contribution < -0.4 is 10.2 Å². The van der Waals surface area contributed by atoms with E-state index in [1.165, 1.54) is 12.8 Å². The Balaban J connectivity index is 1.51. The lowest BCUT2D eigenvalue weighted by Gasteiger charge is -2.36. The second-order valence-electron chi connectivity index (χ2n) is 7.72. The fourth-order valence-electron chi connectivity index (χ4n) is 4.25. The Morgan fingerprint density at radius 3 is 2.57 bits per heavy atom. The summed E-state index contributed by atoms with van der Waals surface area (Å²) in [5.41, 5.74) is 1.45. The maximum Gasteiger partial charge on any atom is 0.231 e. The highest BCUT2D eigenvalue weighted by Crippen LogP contribution is 2.35. The minimum absolute atomic E-state index is 0.0369. The number of anilines is 1. The minimum atomic E-state index is -0.541. The first-order chi connectivity index (χ1) is 13.7. The van der Waals surface area contributed by atoms with Gasteiger partial charge in [0.2, 0.25) is 5.91 Å². The molecule has 6 nitrogen and oxygen atoms in total. The van der Waals surface area contributed by atoms with Gasteiger partial charge in [0.05, 0.1) is 12.0 Å². The monoisotopic (exact) mass is 380 g/mol. The fraction of sp³-hybridized carbons (Fsp3) is 0.500. The van der Waals surface area contributed by atoms with Gasteiger partial charge in [0.25, 0.3) is 0 Å². The van der Waals surface area contributed by atoms with Gasteiger partial charge in [-0.25, -0.2) is 9.97 Å². The molecule has 2 fully saturated rings. The molecule has 0 saturated carbocycles. The molecule has 148 valence electrons. The summed E-state index contributed by atoms with van der Waals surface area (Å²) in [6.07, 6.45) is 3.79. The van der Waals surface area contributed by atoms with Gasteiger partial charge in [-0.1, -0.05) is 30.3 Å². The molecule has 0 radical (unpaired) electrons. The van der Waals surface area contributed by atoms with Gasteiger partial charge in [0.1, 0.15) is 11.6 Å². The second-order valence-corrected chi connectivity index (χ2v) is 7.72. The highest BCUT2D eigenvalue weighted by atomic mass is 16.5. The van der Waals surface area contributed by atoms with Gasteiger partial charge in [-0.2, -0.15) is 0 Å². The Labute approximate surface area is 166 Å². The van der Waals surface area contributed by atoms with Crippen LogP contribution in [0.4, 0.5) is 5.82 Å². The van der Waals surface area contributed by atoms with Crippen LogP contribution in [0.2, 0.25) is 0 Å². The lowest BCUT2D eigenvalue weighted by molar-refractivity contribution is -0.130. The number of nitrogens with one attached hydrogen (secondary N) is 1. The molecule has 2 aliphatic heterocycles. The molecule has 28 heavy (non-hydrogen) atoms. The summed E-state index contributed by atoms with van der Waals surface area (Å²) in [5, 5.41) is 3.12. The maximum atomic E-state index is 13.3. The van der Waals surface area contributed by atoms with Crippen LogP contribution in [0.3, 0.4) is 0 Å². The van der Waals surface area contributed by atoms with Crippen LogP contribution in [0.15, 0.2) is 36.4 Å². The topological polar surface area (TPSA) is 67.4 Å². The molecule has 2 aromatic rings. The van der Waals surface area contributed by atoms with Crippen molar-refractivity contribution in [2.45, 2.75) is 44.6 Å². The van der Waals surface area contributed by atoms with E-state index in [-0.39, 0.29) is 5.91 Å². The molecule has 1 amide bonds. The molecule has 0 aliphatic carbocycles. The number of rotatable bonds is 5. The Hall–Kier alpha value is -2.47. The van der Waals surface area contributed by atoms with Crippen LogP contribution in [0.25, 0.3) is 0 Å². The lowest BCUT2D eigenvalue weighted by atomic mass is 9.73. The van der Waals surface area contributed by atoms with Gasteiger partial charge in [-0.05, 0) is 38.2 Å². The quantitative estimate of drug-likeness (QED) is 0.864. The molecule has 6 heteroatoms. The van der Waals surface area contributed by atoms with Gasteiger partial charge in [0.15, 0.2) is 0 Å². The van der Waals surface area contributed by atoms with Crippen molar-refractivity contribution in [3.05, 3.63) is 53.5 Å². The average Bonchev–Trinajstić information content (AvgIpc) is 3.28. The van der Waals surface area contributed by atoms with Crippen LogP contribution in [0, 0.1) is 6.92 Å². The highest BCUT2D eigenvalue weighted by molar-refractivity contribution is 5.88. The van der Waals surface area contributed by atoms with Gasteiger partial charge in [0, 0.05) is 38.1 Å². The average molecular weight is 380 g/mol. The van der Waals surface area contributed by atoms with Gasteiger partial charge < -0.3 is 15.0 Å². The van der Waals surface area contributed by atoms with Crippen molar-refractivity contribution < 1.29 is 9.53 Å². The number of amides is 1. The number of aryl methyl sites for hydroxylation is 1. The Bertz CT molecular complexity index is 813. The molecule has 1 aromatic heterocycles. The smallest absolute Gasteiger partial charge is 0.231 e. The molecule has 0 spiro atoms. The summed E-state index contributed by atoms with van der Waals surface area (Å²) in [6.45, 7) is 5.61. The van der Waals surface area contributed by atoms with Gasteiger partial charge in [-0.15, -0.1) is 0 Å². The van der Waals surface area contributed by atoms with E-state index in [0.29, 0.717) is 38.4 Å². The first-order valence-corrected chi connectivity index (χ1v) is 10.2. The van der Waals surface area contributed by atoms with E-state index in [2.05, 4.69) is 15.2 Å². The lowest BCUT2D eigenvalue weighted by Crippen LogP contribution is -2.48. The van der Waals surface area contributed by atoms with Gasteiger partial charge >= 0.3 is 0 Å². The third kappa shape index (κ3) is 3.87. The summed E-state index contributed by atoms with van der Waals surface area (Å²) in [5.74, 6) is 1.68. The summed E-state index contributed by atoms with van der Waals surface area (Å²) in [6, 6.07) is 12.1. The first-order valence-electron chi connectivity index (χ1n) is 10.2. The van der Waals surface area contributed by atoms with Crippen LogP contribution in [0.1, 0.15) is 42.8 Å². The second kappa shape index (κ2) is 8.27. The summed E-state index contributed by atoms with van der Waals surface area (Å²) in [4.78, 5) is 24.8. The number of ether oxygens (including phenoxy) is 1. The molecule has 0 bridgehead atoms. The zero-order chi connectivity index (χ0) is 19.4. The van der Waals surface area contributed by atoms with Crippen LogP contribution in [-0.2, 0) is 21.5 Å². The van der Waals surface area contributed by atoms with E-state index >= 15 is 0 Å². The number of carbonyl (C=O) groups is 1. The van der Waals surface area contributed by atoms with E-state index in [0.717, 1.165) is 30.2 Å². The van der Waals surface area contributed by atoms with Crippen molar-refractivity contribution >= 4 is 11.7 Å². The highest BCUT2D eigenvalue weighted by Gasteiger charge is 2.41. The van der Waals surface area contributed by atoms with E-state index in [1.807, 2.05) is 43.3 Å². The number of nitrogens with zero attached hydrogens (tertiary/aromatic N) is 3. The van der Waals surface area contributed by atoms with Crippen molar-refractivity contribution in [3.8, 4) is 0 Å². The zero-order valence-electron chi connectivity index (χ0n) is 16.5. The molecule has 2 aliphatic rings. The number of carbonyl (C=O) groups excluding carboxylic acids is 1. The molecule has 1 aromatic carbocycles. The minimum Gasteiger partial charge on any atom is -0.381 e. The zero-order valence-corrected chi connectivity index (χ0v) is 16.5. The van der Waals surface area contributed by atoms with E-state index < -0.39 is 5.41 Å². The van der Waals surface area contributed by atoms with Gasteiger partial charge in [-0.3, -0.25) is 4.79 Å². The largest absolute Gasteiger partial charge is 0.381 e.